The summed E-state index contributed by atoms with van der Waals surface area (Å²) in [4.78, 5) is 21.0. The van der Waals surface area contributed by atoms with Gasteiger partial charge >= 0.3 is 0 Å². The van der Waals surface area contributed by atoms with E-state index in [-0.39, 0.29) is 11.3 Å². The highest BCUT2D eigenvalue weighted by atomic mass is 35.5. The number of halogens is 1. The summed E-state index contributed by atoms with van der Waals surface area (Å²) in [5.41, 5.74) is 4.07. The summed E-state index contributed by atoms with van der Waals surface area (Å²) in [6.07, 6.45) is 3.02. The first-order chi connectivity index (χ1) is 13.2. The summed E-state index contributed by atoms with van der Waals surface area (Å²) >= 11 is 5.95. The second-order valence-corrected chi connectivity index (χ2v) is 8.07. The largest absolute Gasteiger partial charge is 0.324 e. The zero-order valence-corrected chi connectivity index (χ0v) is 17.1. The van der Waals surface area contributed by atoms with E-state index >= 15 is 0 Å². The van der Waals surface area contributed by atoms with Crippen molar-refractivity contribution in [3.05, 3.63) is 76.6 Å². The molecule has 5 nitrogen and oxygen atoms in total. The number of carbonyl (C=O) groups excluding carboxylic acids is 1. The van der Waals surface area contributed by atoms with E-state index in [1.807, 2.05) is 25.1 Å². The number of aromatic nitrogens is 2. The highest BCUT2D eigenvalue weighted by Gasteiger charge is 2.18. The highest BCUT2D eigenvalue weighted by molar-refractivity contribution is 6.30. The molecule has 0 unspecified atom stereocenters. The number of nitrogens with zero attached hydrogens (tertiary/aromatic N) is 2. The van der Waals surface area contributed by atoms with Crippen molar-refractivity contribution >= 4 is 34.8 Å². The van der Waals surface area contributed by atoms with Crippen molar-refractivity contribution in [2.75, 3.05) is 10.6 Å². The van der Waals surface area contributed by atoms with Crippen LogP contribution in [0.1, 0.15) is 42.3 Å². The number of rotatable bonds is 4. The zero-order chi connectivity index (χ0) is 20.3. The van der Waals surface area contributed by atoms with Gasteiger partial charge in [-0.05, 0) is 47.7 Å². The number of anilines is 3. The quantitative estimate of drug-likeness (QED) is 0.592. The molecule has 0 atom stereocenters. The number of hydrogen-bond acceptors (Lipinski definition) is 4. The maximum atomic E-state index is 12.5. The third-order valence-electron chi connectivity index (χ3n) is 4.33. The van der Waals surface area contributed by atoms with Crippen LogP contribution in [-0.4, -0.2) is 15.9 Å². The van der Waals surface area contributed by atoms with Gasteiger partial charge in [0.15, 0.2) is 0 Å². The number of para-hydroxylation sites is 1. The van der Waals surface area contributed by atoms with Gasteiger partial charge in [-0.15, -0.1) is 0 Å². The molecule has 0 saturated heterocycles. The molecule has 1 heterocycles. The fraction of sp³-hybridized carbons (Fsp3) is 0.227. The Morgan fingerprint density at radius 2 is 1.68 bits per heavy atom. The number of aryl methyl sites for hydroxylation is 1. The highest BCUT2D eigenvalue weighted by Crippen LogP contribution is 2.30. The number of amides is 1. The minimum absolute atomic E-state index is 0.0140. The van der Waals surface area contributed by atoms with E-state index in [0.29, 0.717) is 22.2 Å². The van der Waals surface area contributed by atoms with Gasteiger partial charge in [-0.25, -0.2) is 9.97 Å². The van der Waals surface area contributed by atoms with Gasteiger partial charge in [-0.2, -0.15) is 0 Å². The molecule has 3 rings (SSSR count). The van der Waals surface area contributed by atoms with E-state index in [9.17, 15) is 4.79 Å². The predicted octanol–water partition coefficient (Wildman–Crippen LogP) is 5.73. The third kappa shape index (κ3) is 4.67. The Balaban J connectivity index is 1.74. The van der Waals surface area contributed by atoms with Gasteiger partial charge in [0.1, 0.15) is 0 Å². The second kappa shape index (κ2) is 7.98. The molecule has 0 saturated carbocycles. The molecule has 28 heavy (non-hydrogen) atoms. The summed E-state index contributed by atoms with van der Waals surface area (Å²) in [7, 11) is 0. The molecule has 2 N–H and O–H groups in total. The molecule has 0 spiro atoms. The molecule has 144 valence electrons. The number of benzene rings is 2. The van der Waals surface area contributed by atoms with E-state index in [0.717, 1.165) is 11.3 Å². The van der Waals surface area contributed by atoms with Crippen LogP contribution >= 0.6 is 11.6 Å². The van der Waals surface area contributed by atoms with Crippen molar-refractivity contribution in [1.82, 2.24) is 9.97 Å². The summed E-state index contributed by atoms with van der Waals surface area (Å²) in [6.45, 7) is 8.35. The summed E-state index contributed by atoms with van der Waals surface area (Å²) in [6, 6.07) is 13.4. The molecule has 0 radical (unpaired) electrons. The van der Waals surface area contributed by atoms with Crippen molar-refractivity contribution in [2.24, 2.45) is 0 Å². The summed E-state index contributed by atoms with van der Waals surface area (Å²) < 4.78 is 0. The fourth-order valence-corrected chi connectivity index (χ4v) is 3.06. The van der Waals surface area contributed by atoms with Crippen LogP contribution in [0, 0.1) is 6.92 Å². The Hall–Kier alpha value is -2.92. The lowest BCUT2D eigenvalue weighted by atomic mass is 9.86. The maximum Gasteiger partial charge on any atom is 0.258 e. The Bertz CT molecular complexity index is 994. The lowest BCUT2D eigenvalue weighted by molar-refractivity contribution is 0.102. The number of nitrogens with one attached hydrogen (secondary N) is 2. The molecule has 0 bridgehead atoms. The topological polar surface area (TPSA) is 66.9 Å². The van der Waals surface area contributed by atoms with Gasteiger partial charge in [0.05, 0.1) is 5.56 Å². The van der Waals surface area contributed by atoms with Gasteiger partial charge in [-0.1, -0.05) is 50.6 Å². The Kier molecular flexibility index (Phi) is 5.66. The van der Waals surface area contributed by atoms with Crippen molar-refractivity contribution < 1.29 is 4.79 Å². The average Bonchev–Trinajstić information content (AvgIpc) is 2.64. The lowest BCUT2D eigenvalue weighted by Gasteiger charge is -2.22. The molecule has 3 aromatic rings. The van der Waals surface area contributed by atoms with Crippen LogP contribution in [0.2, 0.25) is 5.02 Å². The number of hydrogen-bond donors (Lipinski definition) is 2. The first-order valence-electron chi connectivity index (χ1n) is 9.00. The average molecular weight is 395 g/mol. The SMILES string of the molecule is Cc1cc(Cl)ccc1NC(=O)c1cnc(Nc2ccccc2C(C)(C)C)nc1. The third-order valence-corrected chi connectivity index (χ3v) is 4.57. The standard InChI is InChI=1S/C22H23ClN4O/c1-14-11-16(23)9-10-18(14)26-20(28)15-12-24-21(25-13-15)27-19-8-6-5-7-17(19)22(2,3)4/h5-13H,1-4H3,(H,26,28)(H,24,25,27). The van der Waals surface area contributed by atoms with Crippen LogP contribution in [0.25, 0.3) is 0 Å². The van der Waals surface area contributed by atoms with Crippen LogP contribution < -0.4 is 10.6 Å². The first kappa shape index (κ1) is 19.8. The van der Waals surface area contributed by atoms with E-state index < -0.39 is 0 Å². The van der Waals surface area contributed by atoms with Gasteiger partial charge in [0, 0.05) is 28.8 Å². The van der Waals surface area contributed by atoms with E-state index in [2.05, 4.69) is 47.4 Å². The molecule has 1 aromatic heterocycles. The van der Waals surface area contributed by atoms with Crippen LogP contribution in [-0.2, 0) is 5.41 Å². The van der Waals surface area contributed by atoms with E-state index in [1.165, 1.54) is 18.0 Å². The molecular weight excluding hydrogens is 372 g/mol. The predicted molar refractivity (Wildman–Crippen MR) is 115 cm³/mol. The molecular formula is C22H23ClN4O. The van der Waals surface area contributed by atoms with Gasteiger partial charge in [-0.3, -0.25) is 4.79 Å². The summed E-state index contributed by atoms with van der Waals surface area (Å²) in [5.74, 6) is 0.169. The molecule has 6 heteroatoms. The fourth-order valence-electron chi connectivity index (χ4n) is 2.84. The van der Waals surface area contributed by atoms with Crippen LogP contribution in [0.15, 0.2) is 54.9 Å². The molecule has 0 aliphatic carbocycles. The smallest absolute Gasteiger partial charge is 0.258 e. The molecule has 0 fully saturated rings. The number of carbonyl (C=O) groups is 1. The van der Waals surface area contributed by atoms with E-state index in [1.54, 1.807) is 18.2 Å². The molecule has 0 aliphatic rings. The Morgan fingerprint density at radius 1 is 1.00 bits per heavy atom. The van der Waals surface area contributed by atoms with Gasteiger partial charge in [0.2, 0.25) is 5.95 Å². The minimum atomic E-state index is -0.271. The van der Waals surface area contributed by atoms with Crippen molar-refractivity contribution in [3.8, 4) is 0 Å². The summed E-state index contributed by atoms with van der Waals surface area (Å²) in [5, 5.41) is 6.72. The van der Waals surface area contributed by atoms with Crippen LogP contribution in [0.5, 0.6) is 0 Å². The monoisotopic (exact) mass is 394 g/mol. The normalized spacial score (nSPS) is 11.2. The molecule has 2 aromatic carbocycles. The van der Waals surface area contributed by atoms with Crippen LogP contribution in [0.4, 0.5) is 17.3 Å². The second-order valence-electron chi connectivity index (χ2n) is 7.63. The minimum Gasteiger partial charge on any atom is -0.324 e. The zero-order valence-electron chi connectivity index (χ0n) is 16.4. The van der Waals surface area contributed by atoms with Gasteiger partial charge < -0.3 is 10.6 Å². The first-order valence-corrected chi connectivity index (χ1v) is 9.38. The van der Waals surface area contributed by atoms with Gasteiger partial charge in [0.25, 0.3) is 5.91 Å². The lowest BCUT2D eigenvalue weighted by Crippen LogP contribution is -2.15. The van der Waals surface area contributed by atoms with Crippen LogP contribution in [0.3, 0.4) is 0 Å². The molecule has 1 amide bonds. The van der Waals surface area contributed by atoms with Crippen molar-refractivity contribution in [1.29, 1.82) is 0 Å². The Morgan fingerprint density at radius 3 is 2.32 bits per heavy atom. The maximum absolute atomic E-state index is 12.5. The van der Waals surface area contributed by atoms with Crippen molar-refractivity contribution in [3.63, 3.8) is 0 Å². The van der Waals surface area contributed by atoms with Crippen molar-refractivity contribution in [2.45, 2.75) is 33.1 Å². The molecule has 0 aliphatic heterocycles. The van der Waals surface area contributed by atoms with E-state index in [4.69, 9.17) is 11.6 Å². The Labute approximate surface area is 170 Å².